The van der Waals surface area contributed by atoms with Crippen molar-refractivity contribution in [2.24, 2.45) is 0 Å². The maximum absolute atomic E-state index is 12.4. The monoisotopic (exact) mass is 347 g/mol. The van der Waals surface area contributed by atoms with Crippen LogP contribution in [0.2, 0.25) is 0 Å². The highest BCUT2D eigenvalue weighted by molar-refractivity contribution is 6.06. The van der Waals surface area contributed by atoms with Gasteiger partial charge in [0.25, 0.3) is 17.3 Å². The lowest BCUT2D eigenvalue weighted by Crippen LogP contribution is -2.13. The van der Waals surface area contributed by atoms with Crippen LogP contribution in [0.4, 0.5) is 17.1 Å². The summed E-state index contributed by atoms with van der Waals surface area (Å²) in [6.45, 7) is 0. The van der Waals surface area contributed by atoms with Crippen molar-refractivity contribution in [3.8, 4) is 11.5 Å². The van der Waals surface area contributed by atoms with Gasteiger partial charge in [0.2, 0.25) is 0 Å². The molecule has 2 rings (SSSR count). The maximum Gasteiger partial charge on any atom is 0.299 e. The van der Waals surface area contributed by atoms with Crippen LogP contribution in [0.3, 0.4) is 0 Å². The number of rotatable bonds is 6. The number of hydrogen-bond donors (Lipinski definition) is 1. The number of non-ortho nitro benzene ring substituents is 1. The number of carbonyl (C=O) groups excluding carboxylic acids is 1. The maximum atomic E-state index is 12.4. The molecule has 0 saturated carbocycles. The zero-order valence-corrected chi connectivity index (χ0v) is 13.2. The van der Waals surface area contributed by atoms with Gasteiger partial charge < -0.3 is 14.8 Å². The average Bonchev–Trinajstić information content (AvgIpc) is 2.60. The van der Waals surface area contributed by atoms with E-state index in [0.29, 0.717) is 11.5 Å². The summed E-state index contributed by atoms with van der Waals surface area (Å²) in [5.74, 6) is 0.0690. The summed E-state index contributed by atoms with van der Waals surface area (Å²) in [4.78, 5) is 32.6. The first-order chi connectivity index (χ1) is 11.8. The smallest absolute Gasteiger partial charge is 0.299 e. The fourth-order valence-corrected chi connectivity index (χ4v) is 2.02. The normalized spacial score (nSPS) is 10.0. The number of ether oxygens (including phenoxy) is 2. The summed E-state index contributed by atoms with van der Waals surface area (Å²) >= 11 is 0. The van der Waals surface area contributed by atoms with Gasteiger partial charge in [-0.15, -0.1) is 0 Å². The summed E-state index contributed by atoms with van der Waals surface area (Å²) in [6, 6.07) is 7.36. The van der Waals surface area contributed by atoms with Crippen molar-refractivity contribution in [2.75, 3.05) is 19.5 Å². The Hall–Kier alpha value is -3.69. The Kier molecular flexibility index (Phi) is 5.12. The van der Waals surface area contributed by atoms with Gasteiger partial charge in [0.1, 0.15) is 17.2 Å². The third-order valence-corrected chi connectivity index (χ3v) is 3.25. The van der Waals surface area contributed by atoms with Gasteiger partial charge in [-0.2, -0.15) is 0 Å². The lowest BCUT2D eigenvalue weighted by Gasteiger charge is -2.09. The molecular weight excluding hydrogens is 334 g/mol. The van der Waals surface area contributed by atoms with Crippen molar-refractivity contribution < 1.29 is 24.1 Å². The van der Waals surface area contributed by atoms with Crippen molar-refractivity contribution in [1.82, 2.24) is 0 Å². The van der Waals surface area contributed by atoms with Gasteiger partial charge in [0.05, 0.1) is 30.1 Å². The molecule has 10 nitrogen and oxygen atoms in total. The van der Waals surface area contributed by atoms with Crippen LogP contribution in [0.25, 0.3) is 0 Å². The number of anilines is 1. The summed E-state index contributed by atoms with van der Waals surface area (Å²) in [6.07, 6.45) is 0. The predicted molar refractivity (Wildman–Crippen MR) is 87.3 cm³/mol. The molecule has 10 heteroatoms. The number of nitrogens with one attached hydrogen (secondary N) is 1. The minimum absolute atomic E-state index is 0.142. The van der Waals surface area contributed by atoms with Gasteiger partial charge in [-0.25, -0.2) is 0 Å². The molecule has 0 aliphatic rings. The van der Waals surface area contributed by atoms with E-state index in [1.165, 1.54) is 26.4 Å². The van der Waals surface area contributed by atoms with Crippen LogP contribution < -0.4 is 14.8 Å². The molecule has 0 spiro atoms. The number of methoxy groups -OCH3 is 2. The molecule has 0 radical (unpaired) electrons. The molecule has 0 atom stereocenters. The second kappa shape index (κ2) is 7.25. The van der Waals surface area contributed by atoms with E-state index in [4.69, 9.17) is 9.47 Å². The molecule has 0 aromatic heterocycles. The van der Waals surface area contributed by atoms with Gasteiger partial charge in [0, 0.05) is 17.7 Å². The van der Waals surface area contributed by atoms with Gasteiger partial charge in [-0.1, -0.05) is 0 Å². The van der Waals surface area contributed by atoms with Crippen LogP contribution in [0.5, 0.6) is 11.5 Å². The Balaban J connectivity index is 2.37. The molecular formula is C15H13N3O7. The first-order valence-electron chi connectivity index (χ1n) is 6.83. The number of carbonyl (C=O) groups is 1. The molecule has 0 saturated heterocycles. The molecule has 0 heterocycles. The van der Waals surface area contributed by atoms with Crippen molar-refractivity contribution in [1.29, 1.82) is 0 Å². The minimum Gasteiger partial charge on any atom is -0.497 e. The fourth-order valence-electron chi connectivity index (χ4n) is 2.02. The Morgan fingerprint density at radius 2 is 1.56 bits per heavy atom. The van der Waals surface area contributed by atoms with E-state index in [2.05, 4.69) is 5.32 Å². The molecule has 1 amide bonds. The topological polar surface area (TPSA) is 134 Å². The lowest BCUT2D eigenvalue weighted by molar-refractivity contribution is -0.393. The number of amides is 1. The van der Waals surface area contributed by atoms with Crippen molar-refractivity contribution in [3.05, 3.63) is 62.2 Å². The highest BCUT2D eigenvalue weighted by Gasteiger charge is 2.21. The SMILES string of the molecule is COc1cc(OC)cc(C(=O)Nc2ccc([N+](=O)[O-])cc2[N+](=O)[O-])c1. The molecule has 0 aliphatic heterocycles. The summed E-state index contributed by atoms with van der Waals surface area (Å²) in [5.41, 5.74) is -1.06. The van der Waals surface area contributed by atoms with Crippen molar-refractivity contribution in [3.63, 3.8) is 0 Å². The molecule has 2 aromatic rings. The van der Waals surface area contributed by atoms with E-state index in [1.54, 1.807) is 6.07 Å². The van der Waals surface area contributed by atoms with Crippen molar-refractivity contribution in [2.45, 2.75) is 0 Å². The van der Waals surface area contributed by atoms with Gasteiger partial charge in [-0.05, 0) is 18.2 Å². The van der Waals surface area contributed by atoms with E-state index in [1.807, 2.05) is 0 Å². The fraction of sp³-hybridized carbons (Fsp3) is 0.133. The second-order valence-corrected chi connectivity index (χ2v) is 4.77. The highest BCUT2D eigenvalue weighted by Crippen LogP contribution is 2.30. The first-order valence-corrected chi connectivity index (χ1v) is 6.83. The highest BCUT2D eigenvalue weighted by atomic mass is 16.6. The molecule has 25 heavy (non-hydrogen) atoms. The molecule has 130 valence electrons. The zero-order valence-electron chi connectivity index (χ0n) is 13.2. The lowest BCUT2D eigenvalue weighted by atomic mass is 10.1. The quantitative estimate of drug-likeness (QED) is 0.627. The number of benzene rings is 2. The van der Waals surface area contributed by atoms with Crippen LogP contribution in [-0.4, -0.2) is 30.0 Å². The van der Waals surface area contributed by atoms with Crippen LogP contribution in [-0.2, 0) is 0 Å². The van der Waals surface area contributed by atoms with E-state index in [0.717, 1.165) is 18.2 Å². The Labute approximate surface area is 141 Å². The number of nitro benzene ring substituents is 2. The Morgan fingerprint density at radius 1 is 0.960 bits per heavy atom. The van der Waals surface area contributed by atoms with Crippen molar-refractivity contribution >= 4 is 23.0 Å². The van der Waals surface area contributed by atoms with Gasteiger partial charge in [-0.3, -0.25) is 25.0 Å². The molecule has 1 N–H and O–H groups in total. The third kappa shape index (κ3) is 3.99. The largest absolute Gasteiger partial charge is 0.497 e. The van der Waals surface area contributed by atoms with Crippen LogP contribution in [0.1, 0.15) is 10.4 Å². The standard InChI is InChI=1S/C15H13N3O7/c1-24-11-5-9(6-12(8-11)25-2)15(19)16-13-4-3-10(17(20)21)7-14(13)18(22)23/h3-8H,1-2H3,(H,16,19). The summed E-state index contributed by atoms with van der Waals surface area (Å²) < 4.78 is 10.1. The van der Waals surface area contributed by atoms with E-state index in [9.17, 15) is 25.0 Å². The summed E-state index contributed by atoms with van der Waals surface area (Å²) in [7, 11) is 2.83. The van der Waals surface area contributed by atoms with Gasteiger partial charge in [0.15, 0.2) is 0 Å². The second-order valence-electron chi connectivity index (χ2n) is 4.77. The Bertz CT molecular complexity index is 829. The van der Waals surface area contributed by atoms with Gasteiger partial charge >= 0.3 is 0 Å². The predicted octanol–water partition coefficient (Wildman–Crippen LogP) is 2.77. The minimum atomic E-state index is -0.811. The number of nitro groups is 2. The molecule has 0 unspecified atom stereocenters. The van der Waals surface area contributed by atoms with Crippen LogP contribution in [0.15, 0.2) is 36.4 Å². The third-order valence-electron chi connectivity index (χ3n) is 3.25. The molecule has 2 aromatic carbocycles. The van der Waals surface area contributed by atoms with Crippen LogP contribution >= 0.6 is 0 Å². The molecule has 0 fully saturated rings. The van der Waals surface area contributed by atoms with E-state index >= 15 is 0 Å². The molecule has 0 bridgehead atoms. The van der Waals surface area contributed by atoms with Crippen LogP contribution in [0, 0.1) is 20.2 Å². The summed E-state index contributed by atoms with van der Waals surface area (Å²) in [5, 5.41) is 24.2. The number of nitrogens with zero attached hydrogens (tertiary/aromatic N) is 2. The first kappa shape index (κ1) is 17.7. The Morgan fingerprint density at radius 3 is 2.04 bits per heavy atom. The van der Waals surface area contributed by atoms with E-state index < -0.39 is 27.1 Å². The molecule has 0 aliphatic carbocycles. The van der Waals surface area contributed by atoms with E-state index in [-0.39, 0.29) is 11.3 Å². The zero-order chi connectivity index (χ0) is 18.6. The number of hydrogen-bond acceptors (Lipinski definition) is 7. The average molecular weight is 347 g/mol.